The summed E-state index contributed by atoms with van der Waals surface area (Å²) in [5.74, 6) is 1.52. The lowest BCUT2D eigenvalue weighted by Gasteiger charge is -2.26. The lowest BCUT2D eigenvalue weighted by molar-refractivity contribution is -0.116. The van der Waals surface area contributed by atoms with Crippen molar-refractivity contribution in [1.82, 2.24) is 14.8 Å². The monoisotopic (exact) mass is 496 g/mol. The summed E-state index contributed by atoms with van der Waals surface area (Å²) in [4.78, 5) is 15.3. The molecule has 0 N–H and O–H groups in total. The van der Waals surface area contributed by atoms with Crippen LogP contribution >= 0.6 is 11.8 Å². The van der Waals surface area contributed by atoms with Gasteiger partial charge in [-0.25, -0.2) is 0 Å². The Morgan fingerprint density at radius 2 is 1.72 bits per heavy atom. The lowest BCUT2D eigenvalue weighted by atomic mass is 9.95. The quantitative estimate of drug-likeness (QED) is 0.282. The van der Waals surface area contributed by atoms with Crippen molar-refractivity contribution >= 4 is 34.1 Å². The van der Waals surface area contributed by atoms with Crippen LogP contribution in [0.3, 0.4) is 0 Å². The fourth-order valence-corrected chi connectivity index (χ4v) is 6.87. The Hall–Kier alpha value is -3.12. The summed E-state index contributed by atoms with van der Waals surface area (Å²) in [5.41, 5.74) is 3.58. The molecule has 1 unspecified atom stereocenters. The molecule has 1 fully saturated rings. The number of nitrogens with zero attached hydrogens (tertiary/aromatic N) is 4. The standard InChI is InChI=1S/C30H32N4OS/c1-21-18-24-11-6-8-17-27(24)33(21)29(35)20-36-30-32-31-28(34(30)25-14-3-2-4-15-25)19-23-13-9-12-22-10-5-7-16-26(22)23/h5-13,16-17,21,25H,2-4,14-15,18-20H2,1H3. The van der Waals surface area contributed by atoms with Gasteiger partial charge >= 0.3 is 0 Å². The van der Waals surface area contributed by atoms with E-state index >= 15 is 0 Å². The minimum Gasteiger partial charge on any atom is -0.308 e. The molecule has 0 bridgehead atoms. The third-order valence-corrected chi connectivity index (χ3v) is 8.63. The molecule has 1 aromatic heterocycles. The molecule has 5 nitrogen and oxygen atoms in total. The molecular weight excluding hydrogens is 464 g/mol. The molecule has 0 radical (unpaired) electrons. The summed E-state index contributed by atoms with van der Waals surface area (Å²) < 4.78 is 2.36. The largest absolute Gasteiger partial charge is 0.308 e. The molecule has 1 aliphatic heterocycles. The second-order valence-electron chi connectivity index (χ2n) is 10.1. The molecule has 2 aliphatic rings. The number of para-hydroxylation sites is 1. The van der Waals surface area contributed by atoms with Crippen molar-refractivity contribution in [3.63, 3.8) is 0 Å². The summed E-state index contributed by atoms with van der Waals surface area (Å²) >= 11 is 1.55. The second-order valence-corrected chi connectivity index (χ2v) is 11.1. The second kappa shape index (κ2) is 10.1. The maximum atomic E-state index is 13.4. The van der Waals surface area contributed by atoms with Crippen LogP contribution in [0.5, 0.6) is 0 Å². The highest BCUT2D eigenvalue weighted by atomic mass is 32.2. The van der Waals surface area contributed by atoms with E-state index < -0.39 is 0 Å². The fraction of sp³-hybridized carbons (Fsp3) is 0.367. The molecule has 36 heavy (non-hydrogen) atoms. The van der Waals surface area contributed by atoms with Crippen LogP contribution in [0.15, 0.2) is 71.9 Å². The van der Waals surface area contributed by atoms with E-state index in [1.807, 2.05) is 11.0 Å². The van der Waals surface area contributed by atoms with Crippen LogP contribution in [0.2, 0.25) is 0 Å². The van der Waals surface area contributed by atoms with E-state index in [0.29, 0.717) is 11.8 Å². The minimum atomic E-state index is 0.145. The van der Waals surface area contributed by atoms with Gasteiger partial charge in [0.15, 0.2) is 5.16 Å². The van der Waals surface area contributed by atoms with E-state index in [1.54, 1.807) is 11.8 Å². The van der Waals surface area contributed by atoms with Crippen molar-refractivity contribution < 1.29 is 4.79 Å². The Labute approximate surface area is 216 Å². The summed E-state index contributed by atoms with van der Waals surface area (Å²) in [5, 5.41) is 12.7. The number of amides is 1. The average Bonchev–Trinajstić information content (AvgIpc) is 3.47. The Kier molecular flexibility index (Phi) is 6.53. The van der Waals surface area contributed by atoms with Crippen LogP contribution in [0.4, 0.5) is 5.69 Å². The van der Waals surface area contributed by atoms with Crippen molar-refractivity contribution in [2.24, 2.45) is 0 Å². The molecule has 1 saturated carbocycles. The molecule has 1 amide bonds. The molecule has 3 aromatic carbocycles. The lowest BCUT2D eigenvalue weighted by Crippen LogP contribution is -2.37. The zero-order valence-corrected chi connectivity index (χ0v) is 21.6. The van der Waals surface area contributed by atoms with E-state index in [0.717, 1.165) is 42.4 Å². The van der Waals surface area contributed by atoms with Gasteiger partial charge in [-0.05, 0) is 54.2 Å². The van der Waals surface area contributed by atoms with Crippen molar-refractivity contribution in [3.05, 3.63) is 83.7 Å². The van der Waals surface area contributed by atoms with Crippen LogP contribution in [0.1, 0.15) is 62.0 Å². The molecule has 184 valence electrons. The van der Waals surface area contributed by atoms with Crippen LogP contribution < -0.4 is 4.90 Å². The molecular formula is C30H32N4OS. The first-order valence-electron chi connectivity index (χ1n) is 13.1. The number of carbonyl (C=O) groups excluding carboxylic acids is 1. The molecule has 6 heteroatoms. The number of rotatable bonds is 6. The smallest absolute Gasteiger partial charge is 0.237 e. The zero-order chi connectivity index (χ0) is 24.5. The molecule has 4 aromatic rings. The maximum absolute atomic E-state index is 13.4. The third kappa shape index (κ3) is 4.43. The van der Waals surface area contributed by atoms with Gasteiger partial charge in [-0.1, -0.05) is 91.7 Å². The highest BCUT2D eigenvalue weighted by molar-refractivity contribution is 7.99. The van der Waals surface area contributed by atoms with Gasteiger partial charge in [-0.3, -0.25) is 4.79 Å². The van der Waals surface area contributed by atoms with E-state index in [9.17, 15) is 4.79 Å². The average molecular weight is 497 g/mol. The van der Waals surface area contributed by atoms with Crippen LogP contribution in [0, 0.1) is 0 Å². The Bertz CT molecular complexity index is 1390. The van der Waals surface area contributed by atoms with Crippen molar-refractivity contribution in [2.75, 3.05) is 10.7 Å². The van der Waals surface area contributed by atoms with Gasteiger partial charge in [-0.2, -0.15) is 0 Å². The van der Waals surface area contributed by atoms with Gasteiger partial charge in [0.25, 0.3) is 0 Å². The van der Waals surface area contributed by atoms with Gasteiger partial charge < -0.3 is 9.47 Å². The number of thioether (sulfide) groups is 1. The first kappa shape index (κ1) is 23.3. The highest BCUT2D eigenvalue weighted by Gasteiger charge is 2.31. The topological polar surface area (TPSA) is 51.0 Å². The minimum absolute atomic E-state index is 0.145. The number of fused-ring (bicyclic) bond motifs is 2. The number of carbonyl (C=O) groups is 1. The van der Waals surface area contributed by atoms with Crippen LogP contribution in [-0.2, 0) is 17.6 Å². The Morgan fingerprint density at radius 3 is 2.61 bits per heavy atom. The first-order valence-corrected chi connectivity index (χ1v) is 14.1. The predicted molar refractivity (Wildman–Crippen MR) is 147 cm³/mol. The van der Waals surface area contributed by atoms with E-state index in [1.165, 1.54) is 41.2 Å². The summed E-state index contributed by atoms with van der Waals surface area (Å²) in [7, 11) is 0. The SMILES string of the molecule is CC1Cc2ccccc2N1C(=O)CSc1nnc(Cc2cccc3ccccc23)n1C1CCCCC1. The number of anilines is 1. The number of hydrogen-bond donors (Lipinski definition) is 0. The zero-order valence-electron chi connectivity index (χ0n) is 20.8. The van der Waals surface area contributed by atoms with Crippen LogP contribution in [0.25, 0.3) is 10.8 Å². The Balaban J connectivity index is 1.27. The molecule has 6 rings (SSSR count). The normalized spacial score (nSPS) is 18.0. The summed E-state index contributed by atoms with van der Waals surface area (Å²) in [6, 6.07) is 23.9. The van der Waals surface area contributed by atoms with E-state index in [-0.39, 0.29) is 11.9 Å². The molecule has 0 saturated heterocycles. The molecule has 1 aliphatic carbocycles. The van der Waals surface area contributed by atoms with Gasteiger partial charge in [0.05, 0.1) is 5.75 Å². The first-order chi connectivity index (χ1) is 17.7. The van der Waals surface area contributed by atoms with Gasteiger partial charge in [0, 0.05) is 24.2 Å². The third-order valence-electron chi connectivity index (χ3n) is 7.70. The molecule has 2 heterocycles. The predicted octanol–water partition coefficient (Wildman–Crippen LogP) is 6.60. The molecule has 1 atom stereocenters. The van der Waals surface area contributed by atoms with Gasteiger partial charge in [0.2, 0.25) is 5.91 Å². The van der Waals surface area contributed by atoms with Gasteiger partial charge in [0.1, 0.15) is 5.82 Å². The van der Waals surface area contributed by atoms with Crippen molar-refractivity contribution in [1.29, 1.82) is 0 Å². The summed E-state index contributed by atoms with van der Waals surface area (Å²) in [6.07, 6.45) is 7.74. The summed E-state index contributed by atoms with van der Waals surface area (Å²) in [6.45, 7) is 2.13. The Morgan fingerprint density at radius 1 is 0.944 bits per heavy atom. The van der Waals surface area contributed by atoms with Crippen molar-refractivity contribution in [2.45, 2.75) is 69.1 Å². The fourth-order valence-electron chi connectivity index (χ4n) is 5.99. The van der Waals surface area contributed by atoms with E-state index in [4.69, 9.17) is 0 Å². The van der Waals surface area contributed by atoms with Crippen LogP contribution in [-0.4, -0.2) is 32.5 Å². The number of hydrogen-bond acceptors (Lipinski definition) is 4. The maximum Gasteiger partial charge on any atom is 0.237 e. The number of benzene rings is 3. The highest BCUT2D eigenvalue weighted by Crippen LogP contribution is 2.36. The van der Waals surface area contributed by atoms with Gasteiger partial charge in [-0.15, -0.1) is 10.2 Å². The molecule has 0 spiro atoms. The van der Waals surface area contributed by atoms with Crippen molar-refractivity contribution in [3.8, 4) is 0 Å². The van der Waals surface area contributed by atoms with E-state index in [2.05, 4.69) is 82.4 Å². The number of aromatic nitrogens is 3.